The van der Waals surface area contributed by atoms with Crippen molar-refractivity contribution in [2.45, 2.75) is 71.3 Å². The van der Waals surface area contributed by atoms with Crippen LogP contribution in [0.15, 0.2) is 53.3 Å². The smallest absolute Gasteiger partial charge is 0.266 e. The van der Waals surface area contributed by atoms with Gasteiger partial charge in [0.15, 0.2) is 0 Å². The number of carbonyl (C=O) groups excluding carboxylic acids is 1. The molecule has 0 radical (unpaired) electrons. The topological polar surface area (TPSA) is 58.4 Å². The number of aromatic nitrogens is 2. The third kappa shape index (κ3) is 7.71. The molecule has 0 aliphatic heterocycles. The molecule has 0 fully saturated rings. The zero-order chi connectivity index (χ0) is 26.8. The fourth-order valence-electron chi connectivity index (χ4n) is 4.63. The lowest BCUT2D eigenvalue weighted by molar-refractivity contribution is -0.133. The van der Waals surface area contributed by atoms with E-state index in [1.54, 1.807) is 24.3 Å². The summed E-state index contributed by atoms with van der Waals surface area (Å²) in [6, 6.07) is 12.6. The van der Waals surface area contributed by atoms with Gasteiger partial charge in [-0.25, -0.2) is 9.37 Å². The normalized spacial score (nSPS) is 12.3. The number of hydrogen-bond donors (Lipinski definition) is 0. The van der Waals surface area contributed by atoms with E-state index in [1.165, 1.54) is 42.4 Å². The van der Waals surface area contributed by atoms with Crippen molar-refractivity contribution in [3.8, 4) is 5.69 Å². The lowest BCUT2D eigenvalue weighted by Gasteiger charge is -2.31. The van der Waals surface area contributed by atoms with E-state index in [4.69, 9.17) is 4.98 Å². The van der Waals surface area contributed by atoms with Gasteiger partial charge in [0.05, 0.1) is 22.6 Å². The minimum Gasteiger partial charge on any atom is -0.331 e. The van der Waals surface area contributed by atoms with Gasteiger partial charge in [0, 0.05) is 19.5 Å². The maximum atomic E-state index is 13.7. The first-order chi connectivity index (χ1) is 17.8. The zero-order valence-electron chi connectivity index (χ0n) is 22.8. The third-order valence-electron chi connectivity index (χ3n) is 6.83. The van der Waals surface area contributed by atoms with Crippen LogP contribution in [0.3, 0.4) is 0 Å². The van der Waals surface area contributed by atoms with E-state index in [-0.39, 0.29) is 17.3 Å². The molecule has 7 heteroatoms. The molecule has 1 heterocycles. The van der Waals surface area contributed by atoms with E-state index in [0.29, 0.717) is 41.9 Å². The van der Waals surface area contributed by atoms with Gasteiger partial charge in [0.1, 0.15) is 11.6 Å². The molecule has 2 aromatic carbocycles. The second-order valence-electron chi connectivity index (χ2n) is 10.0. The Balaban J connectivity index is 1.93. The SMILES string of the molecule is CCCCCCCCCC(=O)N(CCN(C)C)C(C)c1nc2ccccc2c(=O)n1-c1ccc(F)cc1. The molecule has 0 saturated carbocycles. The Kier molecular flexibility index (Phi) is 10.8. The predicted molar refractivity (Wildman–Crippen MR) is 149 cm³/mol. The first kappa shape index (κ1) is 28.5. The molecular weight excluding hydrogens is 467 g/mol. The standard InChI is InChI=1S/C30H41FN4O2/c1-5-6-7-8-9-10-11-16-28(36)34(22-21-33(3)4)23(2)29-32-27-15-13-12-14-26(27)30(37)35(29)25-19-17-24(31)18-20-25/h12-15,17-20,23H,5-11,16,21-22H2,1-4H3. The van der Waals surface area contributed by atoms with Crippen LogP contribution in [0.5, 0.6) is 0 Å². The van der Waals surface area contributed by atoms with Crippen LogP contribution in [-0.2, 0) is 4.79 Å². The van der Waals surface area contributed by atoms with Gasteiger partial charge < -0.3 is 9.80 Å². The van der Waals surface area contributed by atoms with Crippen molar-refractivity contribution < 1.29 is 9.18 Å². The highest BCUT2D eigenvalue weighted by atomic mass is 19.1. The van der Waals surface area contributed by atoms with E-state index in [2.05, 4.69) is 6.92 Å². The number of benzene rings is 2. The van der Waals surface area contributed by atoms with Gasteiger partial charge in [-0.2, -0.15) is 0 Å². The van der Waals surface area contributed by atoms with Crippen LogP contribution in [0.1, 0.15) is 77.1 Å². The van der Waals surface area contributed by atoms with Gasteiger partial charge >= 0.3 is 0 Å². The van der Waals surface area contributed by atoms with Gasteiger partial charge in [0.25, 0.3) is 5.56 Å². The zero-order valence-corrected chi connectivity index (χ0v) is 22.8. The van der Waals surface area contributed by atoms with Crippen molar-refractivity contribution in [3.05, 3.63) is 70.5 Å². The summed E-state index contributed by atoms with van der Waals surface area (Å²) in [6.07, 6.45) is 8.48. The Morgan fingerprint density at radius 1 is 0.946 bits per heavy atom. The molecule has 37 heavy (non-hydrogen) atoms. The molecule has 0 aliphatic carbocycles. The van der Waals surface area contributed by atoms with Crippen molar-refractivity contribution >= 4 is 16.8 Å². The highest BCUT2D eigenvalue weighted by molar-refractivity contribution is 5.79. The van der Waals surface area contributed by atoms with Crippen molar-refractivity contribution in [3.63, 3.8) is 0 Å². The Hall–Kier alpha value is -3.06. The summed E-state index contributed by atoms with van der Waals surface area (Å²) >= 11 is 0. The molecule has 6 nitrogen and oxygen atoms in total. The van der Waals surface area contributed by atoms with Crippen molar-refractivity contribution in [2.75, 3.05) is 27.2 Å². The van der Waals surface area contributed by atoms with Crippen LogP contribution in [-0.4, -0.2) is 52.4 Å². The second-order valence-corrected chi connectivity index (χ2v) is 10.0. The molecule has 0 aliphatic rings. The van der Waals surface area contributed by atoms with Crippen LogP contribution in [0.4, 0.5) is 4.39 Å². The van der Waals surface area contributed by atoms with Crippen LogP contribution in [0.25, 0.3) is 16.6 Å². The quantitative estimate of drug-likeness (QED) is 0.246. The van der Waals surface area contributed by atoms with Gasteiger partial charge in [-0.1, -0.05) is 57.6 Å². The van der Waals surface area contributed by atoms with E-state index in [9.17, 15) is 14.0 Å². The van der Waals surface area contributed by atoms with Crippen molar-refractivity contribution in [2.24, 2.45) is 0 Å². The highest BCUT2D eigenvalue weighted by Gasteiger charge is 2.26. The number of para-hydroxylation sites is 1. The molecule has 0 spiro atoms. The first-order valence-electron chi connectivity index (χ1n) is 13.5. The predicted octanol–water partition coefficient (Wildman–Crippen LogP) is 6.12. The summed E-state index contributed by atoms with van der Waals surface area (Å²) in [5, 5.41) is 0.483. The average Bonchev–Trinajstić information content (AvgIpc) is 2.88. The van der Waals surface area contributed by atoms with E-state index in [1.807, 2.05) is 43.0 Å². The number of amides is 1. The van der Waals surface area contributed by atoms with Crippen molar-refractivity contribution in [1.82, 2.24) is 19.4 Å². The fraction of sp³-hybridized carbons (Fsp3) is 0.500. The Morgan fingerprint density at radius 2 is 1.59 bits per heavy atom. The van der Waals surface area contributed by atoms with Crippen molar-refractivity contribution in [1.29, 1.82) is 0 Å². The molecule has 0 N–H and O–H groups in total. The van der Waals surface area contributed by atoms with Crippen LogP contribution < -0.4 is 5.56 Å². The number of fused-ring (bicyclic) bond motifs is 1. The third-order valence-corrected chi connectivity index (χ3v) is 6.83. The minimum absolute atomic E-state index is 0.0657. The fourth-order valence-corrected chi connectivity index (χ4v) is 4.63. The molecule has 3 rings (SSSR count). The lowest BCUT2D eigenvalue weighted by Crippen LogP contribution is -2.40. The van der Waals surface area contributed by atoms with E-state index >= 15 is 0 Å². The summed E-state index contributed by atoms with van der Waals surface area (Å²) in [7, 11) is 3.96. The number of rotatable bonds is 14. The summed E-state index contributed by atoms with van der Waals surface area (Å²) in [6.45, 7) is 5.36. The van der Waals surface area contributed by atoms with Crippen LogP contribution >= 0.6 is 0 Å². The first-order valence-corrected chi connectivity index (χ1v) is 13.5. The van der Waals surface area contributed by atoms with E-state index in [0.717, 1.165) is 19.3 Å². The number of likely N-dealkylation sites (N-methyl/N-ethyl adjacent to an activating group) is 1. The number of carbonyl (C=O) groups is 1. The molecule has 0 saturated heterocycles. The maximum absolute atomic E-state index is 13.7. The van der Waals surface area contributed by atoms with Crippen LogP contribution in [0.2, 0.25) is 0 Å². The van der Waals surface area contributed by atoms with Gasteiger partial charge in [-0.05, 0) is 63.8 Å². The Labute approximate surface area is 220 Å². The summed E-state index contributed by atoms with van der Waals surface area (Å²) in [5.41, 5.74) is 0.879. The number of halogens is 1. The highest BCUT2D eigenvalue weighted by Crippen LogP contribution is 2.24. The summed E-state index contributed by atoms with van der Waals surface area (Å²) in [5.74, 6) is 0.163. The Morgan fingerprint density at radius 3 is 2.27 bits per heavy atom. The lowest BCUT2D eigenvalue weighted by atomic mass is 10.1. The summed E-state index contributed by atoms with van der Waals surface area (Å²) in [4.78, 5) is 35.9. The molecule has 1 amide bonds. The monoisotopic (exact) mass is 508 g/mol. The maximum Gasteiger partial charge on any atom is 0.266 e. The molecule has 1 aromatic heterocycles. The number of unbranched alkanes of at least 4 members (excludes halogenated alkanes) is 6. The Bertz CT molecular complexity index is 1210. The summed E-state index contributed by atoms with van der Waals surface area (Å²) < 4.78 is 15.2. The molecule has 3 aromatic rings. The number of hydrogen-bond acceptors (Lipinski definition) is 4. The molecule has 0 bridgehead atoms. The second kappa shape index (κ2) is 14.0. The number of nitrogens with zero attached hydrogens (tertiary/aromatic N) is 4. The average molecular weight is 509 g/mol. The van der Waals surface area contributed by atoms with Crippen LogP contribution in [0, 0.1) is 5.82 Å². The molecule has 1 unspecified atom stereocenters. The molecular formula is C30H41FN4O2. The molecule has 1 atom stereocenters. The minimum atomic E-state index is -0.445. The van der Waals surface area contributed by atoms with Gasteiger partial charge in [-0.15, -0.1) is 0 Å². The largest absolute Gasteiger partial charge is 0.331 e. The van der Waals surface area contributed by atoms with E-state index < -0.39 is 6.04 Å². The molecule has 200 valence electrons. The van der Waals surface area contributed by atoms with Gasteiger partial charge in [0.2, 0.25) is 5.91 Å². The van der Waals surface area contributed by atoms with Gasteiger partial charge in [-0.3, -0.25) is 14.2 Å².